The zero-order chi connectivity index (χ0) is 16.5. The van der Waals surface area contributed by atoms with Crippen LogP contribution in [0.2, 0.25) is 5.02 Å². The fourth-order valence-electron chi connectivity index (χ4n) is 3.07. The molecule has 3 rings (SSSR count). The van der Waals surface area contributed by atoms with Gasteiger partial charge in [-0.25, -0.2) is 4.18 Å². The van der Waals surface area contributed by atoms with E-state index in [4.69, 9.17) is 25.3 Å². The molecule has 1 saturated heterocycles. The quantitative estimate of drug-likeness (QED) is 0.892. The average molecular weight is 362 g/mol. The maximum absolute atomic E-state index is 11.8. The minimum absolute atomic E-state index is 0.490. The minimum Gasteiger partial charge on any atom is -0.336 e. The van der Waals surface area contributed by atoms with E-state index in [0.717, 1.165) is 19.3 Å². The molecule has 0 aromatic heterocycles. The highest BCUT2D eigenvalue weighted by Crippen LogP contribution is 2.47. The lowest BCUT2D eigenvalue weighted by molar-refractivity contribution is -0.210. The molecule has 1 saturated carbocycles. The molecular formula is C15H20ClNO5S. The van der Waals surface area contributed by atoms with Crippen molar-refractivity contribution in [2.24, 2.45) is 0 Å². The predicted molar refractivity (Wildman–Crippen MR) is 85.0 cm³/mol. The lowest BCUT2D eigenvalue weighted by Gasteiger charge is -2.31. The molecule has 23 heavy (non-hydrogen) atoms. The lowest BCUT2D eigenvalue weighted by atomic mass is 9.94. The zero-order valence-electron chi connectivity index (χ0n) is 12.8. The second kappa shape index (κ2) is 6.66. The number of rotatable bonds is 4. The van der Waals surface area contributed by atoms with E-state index in [-0.39, 0.29) is 0 Å². The Kier molecular flexibility index (Phi) is 4.96. The van der Waals surface area contributed by atoms with Crippen LogP contribution in [-0.2, 0) is 24.0 Å². The van der Waals surface area contributed by atoms with Crippen molar-refractivity contribution in [2.45, 2.75) is 50.3 Å². The molecule has 1 heterocycles. The maximum Gasteiger partial charge on any atom is 0.338 e. The summed E-state index contributed by atoms with van der Waals surface area (Å²) < 4.78 is 42.9. The molecule has 128 valence electrons. The highest BCUT2D eigenvalue weighted by molar-refractivity contribution is 7.84. The van der Waals surface area contributed by atoms with E-state index in [2.05, 4.69) is 4.72 Å². The molecule has 1 aromatic carbocycles. The highest BCUT2D eigenvalue weighted by atomic mass is 35.5. The predicted octanol–water partition coefficient (Wildman–Crippen LogP) is 2.90. The van der Waals surface area contributed by atoms with Gasteiger partial charge in [0.05, 0.1) is 0 Å². The molecule has 1 aliphatic carbocycles. The van der Waals surface area contributed by atoms with Crippen LogP contribution in [0.4, 0.5) is 0 Å². The fourth-order valence-corrected chi connectivity index (χ4v) is 3.80. The summed E-state index contributed by atoms with van der Waals surface area (Å²) in [4.78, 5) is 0. The van der Waals surface area contributed by atoms with Crippen LogP contribution in [0, 0.1) is 0 Å². The first kappa shape index (κ1) is 17.1. The van der Waals surface area contributed by atoms with Gasteiger partial charge in [0, 0.05) is 30.5 Å². The molecule has 2 aliphatic rings. The first-order valence-electron chi connectivity index (χ1n) is 7.66. The van der Waals surface area contributed by atoms with Crippen LogP contribution in [0.5, 0.6) is 0 Å². The third kappa shape index (κ3) is 3.70. The Morgan fingerprint density at radius 1 is 1.22 bits per heavy atom. The van der Waals surface area contributed by atoms with E-state index in [1.165, 1.54) is 7.05 Å². The lowest BCUT2D eigenvalue weighted by Crippen LogP contribution is -2.35. The van der Waals surface area contributed by atoms with Crippen molar-refractivity contribution < 1.29 is 22.1 Å². The molecular weight excluding hydrogens is 342 g/mol. The van der Waals surface area contributed by atoms with E-state index in [1.807, 2.05) is 6.07 Å². The molecule has 2 atom stereocenters. The molecule has 1 aromatic rings. The van der Waals surface area contributed by atoms with Crippen LogP contribution in [0.25, 0.3) is 0 Å². The average Bonchev–Trinajstić information content (AvgIpc) is 2.85. The van der Waals surface area contributed by atoms with E-state index in [9.17, 15) is 8.42 Å². The Morgan fingerprint density at radius 3 is 2.57 bits per heavy atom. The number of hydrogen-bond acceptors (Lipinski definition) is 5. The van der Waals surface area contributed by atoms with Crippen LogP contribution in [0.1, 0.15) is 43.8 Å². The second-order valence-electron chi connectivity index (χ2n) is 5.77. The molecule has 0 bridgehead atoms. The SMILES string of the molecule is CNS(=O)(=O)OC1OC2(CCCCC2)OC1c1ccccc1Cl. The fraction of sp³-hybridized carbons (Fsp3) is 0.600. The summed E-state index contributed by atoms with van der Waals surface area (Å²) in [5.74, 6) is -0.796. The van der Waals surface area contributed by atoms with Crippen molar-refractivity contribution in [2.75, 3.05) is 7.05 Å². The van der Waals surface area contributed by atoms with E-state index in [1.54, 1.807) is 18.2 Å². The summed E-state index contributed by atoms with van der Waals surface area (Å²) >= 11 is 6.25. The van der Waals surface area contributed by atoms with Crippen LogP contribution in [-0.4, -0.2) is 27.5 Å². The van der Waals surface area contributed by atoms with Crippen LogP contribution < -0.4 is 4.72 Å². The van der Waals surface area contributed by atoms with Gasteiger partial charge in [-0.15, -0.1) is 0 Å². The number of hydrogen-bond donors (Lipinski definition) is 1. The van der Waals surface area contributed by atoms with Crippen LogP contribution in [0.3, 0.4) is 0 Å². The Hall–Kier alpha value is -0.700. The van der Waals surface area contributed by atoms with Crippen molar-refractivity contribution in [3.8, 4) is 0 Å². The summed E-state index contributed by atoms with van der Waals surface area (Å²) in [6.07, 6.45) is 2.74. The second-order valence-corrected chi connectivity index (χ2v) is 7.69. The van der Waals surface area contributed by atoms with Gasteiger partial charge in [0.2, 0.25) is 6.29 Å². The Morgan fingerprint density at radius 2 is 1.91 bits per heavy atom. The van der Waals surface area contributed by atoms with Gasteiger partial charge < -0.3 is 9.47 Å². The summed E-state index contributed by atoms with van der Waals surface area (Å²) in [5, 5.41) is 0.490. The van der Waals surface area contributed by atoms with Gasteiger partial charge in [-0.1, -0.05) is 36.2 Å². The number of ether oxygens (including phenoxy) is 2. The Bertz CT molecular complexity index is 660. The van der Waals surface area contributed by atoms with Crippen molar-refractivity contribution in [3.05, 3.63) is 34.9 Å². The molecule has 0 radical (unpaired) electrons. The normalized spacial score (nSPS) is 27.4. The van der Waals surface area contributed by atoms with E-state index in [0.29, 0.717) is 23.4 Å². The van der Waals surface area contributed by atoms with Gasteiger partial charge in [0.1, 0.15) is 6.10 Å². The summed E-state index contributed by atoms with van der Waals surface area (Å²) in [6.45, 7) is 0. The molecule has 2 unspecified atom stereocenters. The van der Waals surface area contributed by atoms with Crippen molar-refractivity contribution >= 4 is 21.9 Å². The monoisotopic (exact) mass is 361 g/mol. The van der Waals surface area contributed by atoms with Crippen molar-refractivity contribution in [1.82, 2.24) is 4.72 Å². The van der Waals surface area contributed by atoms with E-state index < -0.39 is 28.5 Å². The molecule has 6 nitrogen and oxygen atoms in total. The maximum atomic E-state index is 11.8. The summed E-state index contributed by atoms with van der Waals surface area (Å²) in [5.41, 5.74) is 0.660. The van der Waals surface area contributed by atoms with Gasteiger partial charge in [-0.2, -0.15) is 13.1 Å². The first-order valence-corrected chi connectivity index (χ1v) is 9.45. The molecule has 1 aliphatic heterocycles. The number of benzene rings is 1. The standard InChI is InChI=1S/C15H20ClNO5S/c1-17-23(18,19)22-14-13(11-7-3-4-8-12(11)16)20-15(21-14)9-5-2-6-10-15/h3-4,7-8,13-14,17H,2,5-6,9-10H2,1H3. The largest absolute Gasteiger partial charge is 0.338 e. The smallest absolute Gasteiger partial charge is 0.336 e. The molecule has 1 N–H and O–H groups in total. The highest BCUT2D eigenvalue weighted by Gasteiger charge is 2.51. The van der Waals surface area contributed by atoms with Crippen molar-refractivity contribution in [1.29, 1.82) is 0 Å². The minimum atomic E-state index is -3.91. The molecule has 1 spiro atoms. The van der Waals surface area contributed by atoms with Gasteiger partial charge in [-0.05, 0) is 18.9 Å². The van der Waals surface area contributed by atoms with Gasteiger partial charge in [0.15, 0.2) is 5.79 Å². The molecule has 2 fully saturated rings. The zero-order valence-corrected chi connectivity index (χ0v) is 14.4. The number of halogens is 1. The van der Waals surface area contributed by atoms with Gasteiger partial charge in [-0.3, -0.25) is 0 Å². The summed E-state index contributed by atoms with van der Waals surface area (Å²) in [6, 6.07) is 7.15. The van der Waals surface area contributed by atoms with E-state index >= 15 is 0 Å². The topological polar surface area (TPSA) is 73.9 Å². The molecule has 0 amide bonds. The third-order valence-electron chi connectivity index (χ3n) is 4.22. The third-order valence-corrected chi connectivity index (χ3v) is 5.51. The van der Waals surface area contributed by atoms with Gasteiger partial charge >= 0.3 is 10.3 Å². The van der Waals surface area contributed by atoms with Crippen molar-refractivity contribution in [3.63, 3.8) is 0 Å². The van der Waals surface area contributed by atoms with Gasteiger partial charge in [0.25, 0.3) is 0 Å². The Balaban J connectivity index is 1.91. The van der Waals surface area contributed by atoms with Crippen LogP contribution in [0.15, 0.2) is 24.3 Å². The summed E-state index contributed by atoms with van der Waals surface area (Å²) in [7, 11) is -2.63. The van der Waals surface area contributed by atoms with Crippen LogP contribution >= 0.6 is 11.6 Å². The first-order chi connectivity index (χ1) is 10.9. The number of nitrogens with one attached hydrogen (secondary N) is 1. The Labute approximate surface area is 141 Å². The molecule has 8 heteroatoms.